The summed E-state index contributed by atoms with van der Waals surface area (Å²) < 4.78 is 21.4. The summed E-state index contributed by atoms with van der Waals surface area (Å²) in [5.41, 5.74) is 7.20. The monoisotopic (exact) mass is 327 g/mol. The maximum absolute atomic E-state index is 13.5. The van der Waals surface area contributed by atoms with Gasteiger partial charge in [-0.05, 0) is 41.3 Å². The van der Waals surface area contributed by atoms with Gasteiger partial charge >= 0.3 is 0 Å². The average Bonchev–Trinajstić information content (AvgIpc) is 2.61. The lowest BCUT2D eigenvalue weighted by Crippen LogP contribution is -2.43. The molecule has 1 fully saturated rings. The number of nitrogens with two attached hydrogens (primary N) is 1. The van der Waals surface area contributed by atoms with Crippen LogP contribution in [0.15, 0.2) is 16.6 Å². The van der Waals surface area contributed by atoms with Gasteiger partial charge < -0.3 is 15.0 Å². The van der Waals surface area contributed by atoms with Crippen molar-refractivity contribution in [3.05, 3.63) is 22.4 Å². The Kier molecular flexibility index (Phi) is 3.02. The van der Waals surface area contributed by atoms with Crippen molar-refractivity contribution in [2.24, 2.45) is 0 Å². The van der Waals surface area contributed by atoms with Crippen LogP contribution in [-0.4, -0.2) is 22.3 Å². The number of hydrogen-bond acceptors (Lipinski definition) is 3. The molecular formula is C13H15BrFN3O. The minimum atomic E-state index is -0.331. The van der Waals surface area contributed by atoms with Crippen molar-refractivity contribution in [1.82, 2.24) is 9.55 Å². The molecule has 1 heterocycles. The van der Waals surface area contributed by atoms with E-state index in [1.807, 2.05) is 4.57 Å². The van der Waals surface area contributed by atoms with E-state index < -0.39 is 0 Å². The summed E-state index contributed by atoms with van der Waals surface area (Å²) in [4.78, 5) is 4.22. The maximum Gasteiger partial charge on any atom is 0.201 e. The van der Waals surface area contributed by atoms with Crippen LogP contribution in [0.4, 0.5) is 10.3 Å². The smallest absolute Gasteiger partial charge is 0.201 e. The summed E-state index contributed by atoms with van der Waals surface area (Å²) >= 11 is 3.20. The topological polar surface area (TPSA) is 53.1 Å². The van der Waals surface area contributed by atoms with Gasteiger partial charge in [0, 0.05) is 13.2 Å². The molecule has 0 bridgehead atoms. The molecule has 0 spiro atoms. The molecule has 0 radical (unpaired) electrons. The van der Waals surface area contributed by atoms with Gasteiger partial charge in [0.2, 0.25) is 5.95 Å². The third-order valence-corrected chi connectivity index (χ3v) is 4.57. The fourth-order valence-corrected chi connectivity index (χ4v) is 2.92. The molecule has 0 unspecified atom stereocenters. The Balaban J connectivity index is 2.07. The van der Waals surface area contributed by atoms with Crippen LogP contribution in [0.25, 0.3) is 11.0 Å². The molecule has 1 aromatic carbocycles. The summed E-state index contributed by atoms with van der Waals surface area (Å²) in [6.45, 7) is 0.657. The van der Waals surface area contributed by atoms with Gasteiger partial charge in [-0.3, -0.25) is 0 Å². The van der Waals surface area contributed by atoms with E-state index in [9.17, 15) is 4.39 Å². The first-order chi connectivity index (χ1) is 9.04. The molecule has 6 heteroatoms. The number of nitrogens with zero attached hydrogens (tertiary/aromatic N) is 2. The number of ether oxygens (including phenoxy) is 1. The standard InChI is InChI=1S/C13H15BrFN3O/c1-19-13(3-2-4-13)7-18-11-5-8(14)9(15)6-10(11)17-12(18)16/h5-6H,2-4,7H2,1H3,(H2,16,17). The molecule has 4 nitrogen and oxygen atoms in total. The molecule has 1 saturated carbocycles. The molecule has 102 valence electrons. The molecule has 19 heavy (non-hydrogen) atoms. The van der Waals surface area contributed by atoms with Gasteiger partial charge in [-0.2, -0.15) is 0 Å². The van der Waals surface area contributed by atoms with Gasteiger partial charge in [0.15, 0.2) is 0 Å². The molecule has 2 N–H and O–H groups in total. The van der Waals surface area contributed by atoms with Gasteiger partial charge in [-0.15, -0.1) is 0 Å². The van der Waals surface area contributed by atoms with Gasteiger partial charge in [0.25, 0.3) is 0 Å². The van der Waals surface area contributed by atoms with E-state index in [-0.39, 0.29) is 11.4 Å². The number of halogens is 2. The van der Waals surface area contributed by atoms with Crippen molar-refractivity contribution < 1.29 is 9.13 Å². The maximum atomic E-state index is 13.5. The highest BCUT2D eigenvalue weighted by Crippen LogP contribution is 2.38. The van der Waals surface area contributed by atoms with Crippen molar-refractivity contribution in [3.8, 4) is 0 Å². The van der Waals surface area contributed by atoms with E-state index in [0.29, 0.717) is 22.5 Å². The average molecular weight is 328 g/mol. The van der Waals surface area contributed by atoms with Gasteiger partial charge in [0.1, 0.15) is 5.82 Å². The number of aromatic nitrogens is 2. The Hall–Kier alpha value is -1.14. The van der Waals surface area contributed by atoms with E-state index in [2.05, 4.69) is 20.9 Å². The molecule has 0 amide bonds. The van der Waals surface area contributed by atoms with Crippen LogP contribution < -0.4 is 5.73 Å². The van der Waals surface area contributed by atoms with Crippen molar-refractivity contribution in [3.63, 3.8) is 0 Å². The zero-order chi connectivity index (χ0) is 13.6. The molecular weight excluding hydrogens is 313 g/mol. The van der Waals surface area contributed by atoms with Crippen molar-refractivity contribution in [2.45, 2.75) is 31.4 Å². The normalized spacial score (nSPS) is 17.6. The van der Waals surface area contributed by atoms with Gasteiger partial charge in [0.05, 0.1) is 27.7 Å². The van der Waals surface area contributed by atoms with Crippen LogP contribution in [-0.2, 0) is 11.3 Å². The fraction of sp³-hybridized carbons (Fsp3) is 0.462. The number of imidazole rings is 1. The fourth-order valence-electron chi connectivity index (χ4n) is 2.59. The Labute approximate surface area is 118 Å². The molecule has 0 aliphatic heterocycles. The SMILES string of the molecule is COC1(Cn2c(N)nc3cc(F)c(Br)cc32)CCC1. The Bertz CT molecular complexity index is 631. The molecule has 0 atom stereocenters. The predicted octanol–water partition coefficient (Wildman–Crippen LogP) is 3.09. The third kappa shape index (κ3) is 2.03. The molecule has 3 rings (SSSR count). The van der Waals surface area contributed by atoms with Crippen LogP contribution in [0, 0.1) is 5.82 Å². The summed E-state index contributed by atoms with van der Waals surface area (Å²) in [5, 5.41) is 0. The second-order valence-corrected chi connectivity index (χ2v) is 5.91. The van der Waals surface area contributed by atoms with Crippen LogP contribution in [0.5, 0.6) is 0 Å². The van der Waals surface area contributed by atoms with Gasteiger partial charge in [-0.25, -0.2) is 9.37 Å². The largest absolute Gasteiger partial charge is 0.376 e. The highest BCUT2D eigenvalue weighted by Gasteiger charge is 2.38. The molecule has 2 aromatic rings. The second kappa shape index (κ2) is 4.45. The number of hydrogen-bond donors (Lipinski definition) is 1. The van der Waals surface area contributed by atoms with Crippen LogP contribution in [0.2, 0.25) is 0 Å². The first-order valence-electron chi connectivity index (χ1n) is 6.21. The third-order valence-electron chi connectivity index (χ3n) is 3.96. The van der Waals surface area contributed by atoms with Crippen molar-refractivity contribution in [2.75, 3.05) is 12.8 Å². The van der Waals surface area contributed by atoms with Crippen molar-refractivity contribution >= 4 is 32.9 Å². The number of anilines is 1. The van der Waals surface area contributed by atoms with Gasteiger partial charge in [-0.1, -0.05) is 0 Å². The lowest BCUT2D eigenvalue weighted by Gasteiger charge is -2.40. The zero-order valence-electron chi connectivity index (χ0n) is 10.6. The van der Waals surface area contributed by atoms with Crippen LogP contribution in [0.1, 0.15) is 19.3 Å². The van der Waals surface area contributed by atoms with E-state index in [0.717, 1.165) is 18.4 Å². The highest BCUT2D eigenvalue weighted by atomic mass is 79.9. The summed E-state index contributed by atoms with van der Waals surface area (Å²) in [7, 11) is 1.73. The van der Waals surface area contributed by atoms with E-state index in [1.165, 1.54) is 12.5 Å². The number of nitrogen functional groups attached to an aromatic ring is 1. The minimum Gasteiger partial charge on any atom is -0.376 e. The molecule has 1 aromatic heterocycles. The van der Waals surface area contributed by atoms with Crippen molar-refractivity contribution in [1.29, 1.82) is 0 Å². The Morgan fingerprint density at radius 1 is 1.53 bits per heavy atom. The summed E-state index contributed by atoms with van der Waals surface area (Å²) in [5.74, 6) is 0.0677. The second-order valence-electron chi connectivity index (χ2n) is 5.05. The first kappa shape index (κ1) is 12.9. The highest BCUT2D eigenvalue weighted by molar-refractivity contribution is 9.10. The van der Waals surface area contributed by atoms with Crippen LogP contribution in [0.3, 0.4) is 0 Å². The van der Waals surface area contributed by atoms with E-state index in [4.69, 9.17) is 10.5 Å². The minimum absolute atomic E-state index is 0.150. The number of rotatable bonds is 3. The predicted molar refractivity (Wildman–Crippen MR) is 75.4 cm³/mol. The quantitative estimate of drug-likeness (QED) is 0.942. The molecule has 0 saturated heterocycles. The lowest BCUT2D eigenvalue weighted by molar-refractivity contribution is -0.0824. The number of methoxy groups -OCH3 is 1. The first-order valence-corrected chi connectivity index (χ1v) is 7.00. The number of benzene rings is 1. The summed E-state index contributed by atoms with van der Waals surface area (Å²) in [6, 6.07) is 3.11. The zero-order valence-corrected chi connectivity index (χ0v) is 12.2. The molecule has 1 aliphatic carbocycles. The van der Waals surface area contributed by atoms with E-state index >= 15 is 0 Å². The molecule has 1 aliphatic rings. The summed E-state index contributed by atoms with van der Waals surface area (Å²) in [6.07, 6.45) is 3.20. The van der Waals surface area contributed by atoms with E-state index in [1.54, 1.807) is 13.2 Å². The van der Waals surface area contributed by atoms with Crippen LogP contribution >= 0.6 is 15.9 Å². The Morgan fingerprint density at radius 3 is 2.84 bits per heavy atom. The number of fused-ring (bicyclic) bond motifs is 1. The lowest BCUT2D eigenvalue weighted by atomic mass is 9.80. The Morgan fingerprint density at radius 2 is 2.26 bits per heavy atom.